The zero-order valence-corrected chi connectivity index (χ0v) is 17.1. The molecule has 1 aliphatic rings. The van der Waals surface area contributed by atoms with E-state index in [4.69, 9.17) is 5.26 Å². The zero-order chi connectivity index (χ0) is 22.9. The van der Waals surface area contributed by atoms with Gasteiger partial charge in [0.15, 0.2) is 0 Å². The van der Waals surface area contributed by atoms with Gasteiger partial charge in [0.25, 0.3) is 0 Å². The summed E-state index contributed by atoms with van der Waals surface area (Å²) in [7, 11) is -1.52. The quantitative estimate of drug-likeness (QED) is 0.760. The second kappa shape index (κ2) is 8.25. The van der Waals surface area contributed by atoms with Crippen LogP contribution in [0.15, 0.2) is 58.6 Å². The van der Waals surface area contributed by atoms with E-state index in [9.17, 15) is 27.4 Å². The van der Waals surface area contributed by atoms with E-state index in [0.717, 1.165) is 17.0 Å². The number of nitrogens with one attached hydrogen (secondary N) is 1. The highest BCUT2D eigenvalue weighted by Crippen LogP contribution is 2.37. The van der Waals surface area contributed by atoms with Crippen molar-refractivity contribution in [1.29, 1.82) is 10.5 Å². The predicted molar refractivity (Wildman–Crippen MR) is 107 cm³/mol. The fourth-order valence-electron chi connectivity index (χ4n) is 3.34. The highest BCUT2D eigenvalue weighted by atomic mass is 32.2. The van der Waals surface area contributed by atoms with Gasteiger partial charge >= 0.3 is 12.2 Å². The van der Waals surface area contributed by atoms with E-state index in [1.165, 1.54) is 43.5 Å². The summed E-state index contributed by atoms with van der Waals surface area (Å²) in [6.07, 6.45) is -3.19. The Hall–Kier alpha value is -3.63. The molecule has 1 N–H and O–H groups in total. The summed E-state index contributed by atoms with van der Waals surface area (Å²) in [6, 6.07) is 10.9. The summed E-state index contributed by atoms with van der Waals surface area (Å²) < 4.78 is 51.5. The van der Waals surface area contributed by atoms with Crippen molar-refractivity contribution in [3.63, 3.8) is 0 Å². The molecule has 2 aromatic rings. The van der Waals surface area contributed by atoms with E-state index in [-0.39, 0.29) is 27.4 Å². The Bertz CT molecular complexity index is 1210. The Morgan fingerprint density at radius 3 is 2.42 bits per heavy atom. The molecule has 0 aliphatic carbocycles. The third kappa shape index (κ3) is 4.16. The van der Waals surface area contributed by atoms with E-state index >= 15 is 0 Å². The lowest BCUT2D eigenvalue weighted by Gasteiger charge is -2.34. The molecule has 0 radical (unpaired) electrons. The zero-order valence-electron chi connectivity index (χ0n) is 16.3. The normalized spacial score (nSPS) is 17.6. The van der Waals surface area contributed by atoms with Crippen molar-refractivity contribution < 1.29 is 22.2 Å². The minimum atomic E-state index is -4.59. The number of amides is 2. The molecule has 1 heterocycles. The van der Waals surface area contributed by atoms with Crippen molar-refractivity contribution >= 4 is 22.5 Å². The number of hydrogen-bond acceptors (Lipinski definition) is 4. The highest BCUT2D eigenvalue weighted by Gasteiger charge is 2.36. The predicted octanol–water partition coefficient (Wildman–Crippen LogP) is 4.38. The fourth-order valence-corrected chi connectivity index (χ4v) is 4.15. The number of hydrogen-bond donors (Lipinski definition) is 1. The van der Waals surface area contributed by atoms with Gasteiger partial charge in [-0.25, -0.2) is 4.79 Å². The number of nitrogens with zero attached hydrogens (tertiary/aromatic N) is 3. The van der Waals surface area contributed by atoms with E-state index in [1.807, 2.05) is 12.1 Å². The number of urea groups is 1. The molecule has 158 valence electrons. The average Bonchev–Trinajstić information content (AvgIpc) is 2.72. The van der Waals surface area contributed by atoms with Gasteiger partial charge in [0.1, 0.15) is 0 Å². The van der Waals surface area contributed by atoms with Crippen LogP contribution < -0.4 is 10.2 Å². The molecule has 0 aromatic heterocycles. The molecule has 6 nitrogen and oxygen atoms in total. The Balaban J connectivity index is 2.15. The third-order valence-corrected chi connectivity index (χ3v) is 5.77. The van der Waals surface area contributed by atoms with Crippen LogP contribution >= 0.6 is 0 Å². The second-order valence-corrected chi connectivity index (χ2v) is 8.04. The fraction of sp³-hybridized carbons (Fsp3) is 0.190. The Morgan fingerprint density at radius 2 is 1.84 bits per heavy atom. The lowest BCUT2D eigenvalue weighted by Crippen LogP contribution is -2.46. The molecule has 0 bridgehead atoms. The van der Waals surface area contributed by atoms with E-state index in [2.05, 4.69) is 5.32 Å². The Morgan fingerprint density at radius 1 is 1.13 bits per heavy atom. The van der Waals surface area contributed by atoms with E-state index < -0.39 is 34.6 Å². The highest BCUT2D eigenvalue weighted by molar-refractivity contribution is 7.84. The number of nitriles is 2. The van der Waals surface area contributed by atoms with Crippen LogP contribution in [0, 0.1) is 22.7 Å². The van der Waals surface area contributed by atoms with Crippen LogP contribution in [0.25, 0.3) is 0 Å². The number of benzene rings is 2. The van der Waals surface area contributed by atoms with Gasteiger partial charge in [-0.15, -0.1) is 0 Å². The van der Waals surface area contributed by atoms with Crippen molar-refractivity contribution in [2.24, 2.45) is 0 Å². The largest absolute Gasteiger partial charge is 0.416 e. The summed E-state index contributed by atoms with van der Waals surface area (Å²) in [5.74, 6) is 0. The second-order valence-electron chi connectivity index (χ2n) is 6.70. The van der Waals surface area contributed by atoms with Gasteiger partial charge in [-0.1, -0.05) is 12.1 Å². The molecule has 2 atom stereocenters. The van der Waals surface area contributed by atoms with Gasteiger partial charge in [-0.3, -0.25) is 9.11 Å². The molecule has 0 saturated heterocycles. The van der Waals surface area contributed by atoms with Gasteiger partial charge in [0, 0.05) is 16.8 Å². The van der Waals surface area contributed by atoms with Crippen molar-refractivity contribution in [2.45, 2.75) is 24.0 Å². The first-order valence-electron chi connectivity index (χ1n) is 8.84. The van der Waals surface area contributed by atoms with Crippen LogP contribution in [0.4, 0.5) is 23.7 Å². The van der Waals surface area contributed by atoms with Gasteiger partial charge in [-0.05, 0) is 42.8 Å². The standard InChI is InChI=1S/C21H15F3N4O2S/c1-12-17(11-26)19(16-7-6-13(10-25)8-18(16)31(2)30)27-20(29)28(12)15-5-3-4-14(9-15)21(22,23)24/h3-9,19H,1-2H3,(H,27,29). The molecule has 2 aromatic carbocycles. The lowest BCUT2D eigenvalue weighted by molar-refractivity contribution is -0.137. The van der Waals surface area contributed by atoms with Crippen molar-refractivity contribution in [2.75, 3.05) is 11.2 Å². The van der Waals surface area contributed by atoms with Gasteiger partial charge in [0.05, 0.1) is 51.4 Å². The minimum absolute atomic E-state index is 0.0462. The number of carbonyl (C=O) groups excluding carboxylic acids is 1. The maximum atomic E-state index is 13.1. The van der Waals surface area contributed by atoms with Crippen LogP contribution in [-0.4, -0.2) is 16.5 Å². The van der Waals surface area contributed by atoms with Crippen LogP contribution in [0.1, 0.15) is 29.7 Å². The smallest absolute Gasteiger partial charge is 0.326 e. The number of halogens is 3. The summed E-state index contributed by atoms with van der Waals surface area (Å²) in [5, 5.41) is 21.5. The maximum Gasteiger partial charge on any atom is 0.416 e. The van der Waals surface area contributed by atoms with Gasteiger partial charge in [0.2, 0.25) is 0 Å². The number of rotatable bonds is 3. The van der Waals surface area contributed by atoms with Gasteiger partial charge in [-0.2, -0.15) is 23.7 Å². The summed E-state index contributed by atoms with van der Waals surface area (Å²) in [6.45, 7) is 1.46. The molecule has 0 fully saturated rings. The molecular weight excluding hydrogens is 429 g/mol. The van der Waals surface area contributed by atoms with Crippen LogP contribution in [0.3, 0.4) is 0 Å². The number of carbonyl (C=O) groups is 1. The third-order valence-electron chi connectivity index (χ3n) is 4.80. The molecule has 2 amide bonds. The summed E-state index contributed by atoms with van der Waals surface area (Å²) in [5.41, 5.74) is -0.119. The first-order valence-corrected chi connectivity index (χ1v) is 10.4. The molecule has 0 saturated carbocycles. The number of alkyl halides is 3. The molecule has 31 heavy (non-hydrogen) atoms. The first-order chi connectivity index (χ1) is 14.6. The van der Waals surface area contributed by atoms with Gasteiger partial charge < -0.3 is 5.32 Å². The number of allylic oxidation sites excluding steroid dienone is 1. The molecule has 0 spiro atoms. The van der Waals surface area contributed by atoms with Crippen molar-refractivity contribution in [1.82, 2.24) is 5.32 Å². The molecule has 1 aliphatic heterocycles. The minimum Gasteiger partial charge on any atom is -0.326 e. The lowest BCUT2D eigenvalue weighted by atomic mass is 9.94. The van der Waals surface area contributed by atoms with Crippen LogP contribution in [0.2, 0.25) is 0 Å². The van der Waals surface area contributed by atoms with E-state index in [0.29, 0.717) is 5.56 Å². The number of anilines is 1. The molecule has 2 unspecified atom stereocenters. The molecule has 3 rings (SSSR count). The topological polar surface area (TPSA) is 97.0 Å². The molecule has 10 heteroatoms. The van der Waals surface area contributed by atoms with Crippen molar-refractivity contribution in [3.8, 4) is 12.1 Å². The van der Waals surface area contributed by atoms with E-state index in [1.54, 1.807) is 0 Å². The first kappa shape index (κ1) is 22.1. The Kier molecular flexibility index (Phi) is 5.87. The van der Waals surface area contributed by atoms with Crippen LogP contribution in [0.5, 0.6) is 0 Å². The summed E-state index contributed by atoms with van der Waals surface area (Å²) >= 11 is 0. The summed E-state index contributed by atoms with van der Waals surface area (Å²) in [4.78, 5) is 14.1. The van der Waals surface area contributed by atoms with Crippen molar-refractivity contribution in [3.05, 3.63) is 70.4 Å². The Labute approximate surface area is 178 Å². The molecular formula is C21H15F3N4O2S. The SMILES string of the molecule is CC1=C(C#N)C(c2ccc(C#N)cc2S(C)=O)NC(=O)N1c1cccc(C(F)(F)F)c1. The average molecular weight is 444 g/mol. The monoisotopic (exact) mass is 444 g/mol. The maximum absolute atomic E-state index is 13.1. The van der Waals surface area contributed by atoms with Crippen LogP contribution in [-0.2, 0) is 17.0 Å².